The normalized spacial score (nSPS) is 9.79. The zero-order chi connectivity index (χ0) is 10.4. The summed E-state index contributed by atoms with van der Waals surface area (Å²) >= 11 is 0. The van der Waals surface area contributed by atoms with Crippen molar-refractivity contribution in [1.29, 1.82) is 0 Å². The molecule has 0 spiro atoms. The van der Waals surface area contributed by atoms with Gasteiger partial charge in [0.15, 0.2) is 0 Å². The predicted molar refractivity (Wildman–Crippen MR) is 52.3 cm³/mol. The second kappa shape index (κ2) is 5.24. The van der Waals surface area contributed by atoms with E-state index < -0.39 is 0 Å². The molecular formula is C10H13NO3. The van der Waals surface area contributed by atoms with E-state index in [9.17, 15) is 4.79 Å². The van der Waals surface area contributed by atoms with Crippen LogP contribution in [0.5, 0.6) is 5.75 Å². The summed E-state index contributed by atoms with van der Waals surface area (Å²) < 4.78 is 4.79. The molecule has 0 bridgehead atoms. The fourth-order valence-electron chi connectivity index (χ4n) is 1.02. The van der Waals surface area contributed by atoms with Crippen molar-refractivity contribution in [3.63, 3.8) is 0 Å². The van der Waals surface area contributed by atoms with Crippen LogP contribution in [0.1, 0.15) is 10.4 Å². The SMILES string of the molecule is COCCNC(=O)c1cccc(O)c1. The number of aromatic hydroxyl groups is 1. The lowest BCUT2D eigenvalue weighted by Gasteiger charge is -2.04. The van der Waals surface area contributed by atoms with Gasteiger partial charge < -0.3 is 15.2 Å². The van der Waals surface area contributed by atoms with Crippen molar-refractivity contribution < 1.29 is 14.6 Å². The number of carbonyl (C=O) groups excluding carboxylic acids is 1. The van der Waals surface area contributed by atoms with Crippen molar-refractivity contribution in [3.8, 4) is 5.75 Å². The summed E-state index contributed by atoms with van der Waals surface area (Å²) in [6.07, 6.45) is 0. The van der Waals surface area contributed by atoms with Gasteiger partial charge in [-0.1, -0.05) is 6.07 Å². The summed E-state index contributed by atoms with van der Waals surface area (Å²) in [5, 5.41) is 11.8. The molecule has 0 saturated heterocycles. The number of hydrogen-bond acceptors (Lipinski definition) is 3. The third kappa shape index (κ3) is 3.06. The molecule has 1 aromatic rings. The predicted octanol–water partition coefficient (Wildman–Crippen LogP) is 0.768. The van der Waals surface area contributed by atoms with Crippen molar-refractivity contribution in [3.05, 3.63) is 29.8 Å². The Balaban J connectivity index is 2.52. The van der Waals surface area contributed by atoms with E-state index in [1.165, 1.54) is 12.1 Å². The smallest absolute Gasteiger partial charge is 0.251 e. The van der Waals surface area contributed by atoms with Crippen LogP contribution in [0.2, 0.25) is 0 Å². The topological polar surface area (TPSA) is 58.6 Å². The monoisotopic (exact) mass is 195 g/mol. The number of amides is 1. The van der Waals surface area contributed by atoms with Gasteiger partial charge in [-0.15, -0.1) is 0 Å². The highest BCUT2D eigenvalue weighted by Crippen LogP contribution is 2.10. The minimum absolute atomic E-state index is 0.0874. The van der Waals surface area contributed by atoms with Gasteiger partial charge in [0.25, 0.3) is 5.91 Å². The van der Waals surface area contributed by atoms with E-state index in [1.807, 2.05) is 0 Å². The highest BCUT2D eigenvalue weighted by Gasteiger charge is 2.04. The number of carbonyl (C=O) groups is 1. The molecule has 0 aliphatic rings. The standard InChI is InChI=1S/C10H13NO3/c1-14-6-5-11-10(13)8-3-2-4-9(12)7-8/h2-4,7,12H,5-6H2,1H3,(H,11,13). The number of benzene rings is 1. The van der Waals surface area contributed by atoms with Gasteiger partial charge >= 0.3 is 0 Å². The van der Waals surface area contributed by atoms with Crippen LogP contribution in [0.15, 0.2) is 24.3 Å². The molecule has 1 aromatic carbocycles. The van der Waals surface area contributed by atoms with Crippen LogP contribution in [0.4, 0.5) is 0 Å². The maximum atomic E-state index is 11.4. The van der Waals surface area contributed by atoms with Crippen LogP contribution in [0.3, 0.4) is 0 Å². The van der Waals surface area contributed by atoms with Crippen molar-refractivity contribution in [2.75, 3.05) is 20.3 Å². The Hall–Kier alpha value is -1.55. The summed E-state index contributed by atoms with van der Waals surface area (Å²) in [6.45, 7) is 0.940. The molecule has 2 N–H and O–H groups in total. The number of ether oxygens (including phenoxy) is 1. The first-order valence-electron chi connectivity index (χ1n) is 4.30. The second-order valence-corrected chi connectivity index (χ2v) is 2.80. The number of phenolic OH excluding ortho intramolecular Hbond substituents is 1. The van der Waals surface area contributed by atoms with E-state index in [4.69, 9.17) is 9.84 Å². The fourth-order valence-corrected chi connectivity index (χ4v) is 1.02. The Labute approximate surface area is 82.5 Å². The summed E-state index contributed by atoms with van der Waals surface area (Å²) in [7, 11) is 1.57. The number of nitrogens with one attached hydrogen (secondary N) is 1. The van der Waals surface area contributed by atoms with Crippen LogP contribution in [-0.2, 0) is 4.74 Å². The van der Waals surface area contributed by atoms with E-state index in [2.05, 4.69) is 5.32 Å². The number of phenols is 1. The molecular weight excluding hydrogens is 182 g/mol. The summed E-state index contributed by atoms with van der Waals surface area (Å²) in [4.78, 5) is 11.4. The lowest BCUT2D eigenvalue weighted by molar-refractivity contribution is 0.0936. The van der Waals surface area contributed by atoms with Crippen molar-refractivity contribution in [2.45, 2.75) is 0 Å². The fraction of sp³-hybridized carbons (Fsp3) is 0.300. The quantitative estimate of drug-likeness (QED) is 0.697. The van der Waals surface area contributed by atoms with E-state index in [0.717, 1.165) is 0 Å². The molecule has 1 amide bonds. The van der Waals surface area contributed by atoms with E-state index in [1.54, 1.807) is 19.2 Å². The molecule has 4 heteroatoms. The molecule has 0 unspecified atom stereocenters. The highest BCUT2D eigenvalue weighted by molar-refractivity contribution is 5.94. The van der Waals surface area contributed by atoms with Crippen molar-refractivity contribution in [2.24, 2.45) is 0 Å². The highest BCUT2D eigenvalue weighted by atomic mass is 16.5. The minimum atomic E-state index is -0.210. The number of methoxy groups -OCH3 is 1. The minimum Gasteiger partial charge on any atom is -0.508 e. The maximum absolute atomic E-state index is 11.4. The van der Waals surface area contributed by atoms with Gasteiger partial charge in [0, 0.05) is 19.2 Å². The average molecular weight is 195 g/mol. The van der Waals surface area contributed by atoms with Crippen LogP contribution < -0.4 is 5.32 Å². The van der Waals surface area contributed by atoms with Crippen LogP contribution in [0, 0.1) is 0 Å². The molecule has 4 nitrogen and oxygen atoms in total. The average Bonchev–Trinajstić information content (AvgIpc) is 2.18. The first-order chi connectivity index (χ1) is 6.74. The molecule has 76 valence electrons. The Morgan fingerprint density at radius 3 is 3.00 bits per heavy atom. The van der Waals surface area contributed by atoms with Crippen LogP contribution in [-0.4, -0.2) is 31.3 Å². The Kier molecular flexibility index (Phi) is 3.94. The first-order valence-corrected chi connectivity index (χ1v) is 4.30. The van der Waals surface area contributed by atoms with Crippen LogP contribution >= 0.6 is 0 Å². The van der Waals surface area contributed by atoms with Gasteiger partial charge in [0.2, 0.25) is 0 Å². The Bertz CT molecular complexity index is 312. The molecule has 0 aliphatic carbocycles. The molecule has 0 fully saturated rings. The summed E-state index contributed by atoms with van der Waals surface area (Å²) in [5.41, 5.74) is 0.445. The third-order valence-corrected chi connectivity index (χ3v) is 1.70. The third-order valence-electron chi connectivity index (χ3n) is 1.70. The number of rotatable bonds is 4. The second-order valence-electron chi connectivity index (χ2n) is 2.80. The lowest BCUT2D eigenvalue weighted by atomic mass is 10.2. The molecule has 0 aliphatic heterocycles. The molecule has 0 aromatic heterocycles. The van der Waals surface area contributed by atoms with E-state index >= 15 is 0 Å². The first kappa shape index (κ1) is 10.5. The zero-order valence-electron chi connectivity index (χ0n) is 7.99. The molecule has 0 radical (unpaired) electrons. The summed E-state index contributed by atoms with van der Waals surface area (Å²) in [6, 6.07) is 6.20. The van der Waals surface area contributed by atoms with Gasteiger partial charge in [0.1, 0.15) is 5.75 Å². The Morgan fingerprint density at radius 1 is 1.57 bits per heavy atom. The molecule has 0 atom stereocenters. The van der Waals surface area contributed by atoms with Gasteiger partial charge in [0.05, 0.1) is 6.61 Å². The van der Waals surface area contributed by atoms with E-state index in [0.29, 0.717) is 18.7 Å². The lowest BCUT2D eigenvalue weighted by Crippen LogP contribution is -2.26. The molecule has 0 heterocycles. The van der Waals surface area contributed by atoms with Gasteiger partial charge in [-0.05, 0) is 18.2 Å². The van der Waals surface area contributed by atoms with Gasteiger partial charge in [-0.25, -0.2) is 0 Å². The molecule has 1 rings (SSSR count). The van der Waals surface area contributed by atoms with Gasteiger partial charge in [-0.3, -0.25) is 4.79 Å². The number of hydrogen-bond donors (Lipinski definition) is 2. The largest absolute Gasteiger partial charge is 0.508 e. The van der Waals surface area contributed by atoms with E-state index in [-0.39, 0.29) is 11.7 Å². The molecule has 14 heavy (non-hydrogen) atoms. The van der Waals surface area contributed by atoms with Gasteiger partial charge in [-0.2, -0.15) is 0 Å². The van der Waals surface area contributed by atoms with Crippen LogP contribution in [0.25, 0.3) is 0 Å². The summed E-state index contributed by atoms with van der Waals surface area (Å²) in [5.74, 6) is -0.123. The zero-order valence-corrected chi connectivity index (χ0v) is 7.99. The molecule has 0 saturated carbocycles. The van der Waals surface area contributed by atoms with Crippen molar-refractivity contribution >= 4 is 5.91 Å². The Morgan fingerprint density at radius 2 is 2.36 bits per heavy atom. The maximum Gasteiger partial charge on any atom is 0.251 e. The van der Waals surface area contributed by atoms with Crippen molar-refractivity contribution in [1.82, 2.24) is 5.32 Å².